The summed E-state index contributed by atoms with van der Waals surface area (Å²) < 4.78 is 6.90. The fourth-order valence-corrected chi connectivity index (χ4v) is 3.06. The van der Waals surface area contributed by atoms with Crippen LogP contribution in [0.1, 0.15) is 56.0 Å². The van der Waals surface area contributed by atoms with Gasteiger partial charge in [-0.1, -0.05) is 25.9 Å². The van der Waals surface area contributed by atoms with Crippen LogP contribution in [-0.2, 0) is 12.0 Å². The summed E-state index contributed by atoms with van der Waals surface area (Å²) in [5.74, 6) is 1.21. The predicted octanol–water partition coefficient (Wildman–Crippen LogP) is 2.60. The lowest BCUT2D eigenvalue weighted by Crippen LogP contribution is -2.22. The summed E-state index contributed by atoms with van der Waals surface area (Å²) in [5, 5.41) is 7.30. The van der Waals surface area contributed by atoms with Gasteiger partial charge >= 0.3 is 0 Å². The second kappa shape index (κ2) is 6.10. The normalized spacial score (nSPS) is 13.5. The Balaban J connectivity index is 1.73. The van der Waals surface area contributed by atoms with E-state index in [1.807, 2.05) is 40.8 Å². The van der Waals surface area contributed by atoms with Crippen LogP contribution >= 0.6 is 11.3 Å². The number of aryl methyl sites for hydroxylation is 1. The second-order valence-electron chi connectivity index (χ2n) is 6.89. The number of aromatic nitrogens is 4. The van der Waals surface area contributed by atoms with Crippen LogP contribution < -0.4 is 10.9 Å². The average molecular weight is 347 g/mol. The molecule has 0 aliphatic heterocycles. The van der Waals surface area contributed by atoms with Crippen molar-refractivity contribution < 1.29 is 4.52 Å². The third kappa shape index (κ3) is 3.39. The van der Waals surface area contributed by atoms with E-state index in [4.69, 9.17) is 4.52 Å². The molecule has 3 heterocycles. The van der Waals surface area contributed by atoms with Crippen molar-refractivity contribution in [2.45, 2.75) is 52.6 Å². The van der Waals surface area contributed by atoms with Gasteiger partial charge < -0.3 is 9.84 Å². The lowest BCUT2D eigenvalue weighted by atomic mass is 9.96. The largest absolute Gasteiger partial charge is 0.338 e. The Kier molecular flexibility index (Phi) is 4.27. The average Bonchev–Trinajstić information content (AvgIpc) is 3.10. The van der Waals surface area contributed by atoms with E-state index in [-0.39, 0.29) is 17.0 Å². The molecule has 3 aromatic heterocycles. The first kappa shape index (κ1) is 16.8. The molecule has 1 N–H and O–H groups in total. The Labute approximate surface area is 143 Å². The molecule has 0 saturated carbocycles. The molecule has 1 atom stereocenters. The Hall–Kier alpha value is -2.06. The van der Waals surface area contributed by atoms with Gasteiger partial charge in [-0.05, 0) is 13.8 Å². The first-order valence-corrected chi connectivity index (χ1v) is 8.62. The van der Waals surface area contributed by atoms with Crippen molar-refractivity contribution in [1.29, 1.82) is 0 Å². The van der Waals surface area contributed by atoms with Gasteiger partial charge in [0, 0.05) is 29.1 Å². The maximum atomic E-state index is 12.1. The Morgan fingerprint density at radius 1 is 1.38 bits per heavy atom. The predicted molar refractivity (Wildman–Crippen MR) is 92.3 cm³/mol. The summed E-state index contributed by atoms with van der Waals surface area (Å²) in [5.41, 5.74) is 0.477. The van der Waals surface area contributed by atoms with Crippen molar-refractivity contribution >= 4 is 16.3 Å². The highest BCUT2D eigenvalue weighted by Gasteiger charge is 2.23. The Bertz CT molecular complexity index is 919. The first-order chi connectivity index (χ1) is 11.2. The molecule has 24 heavy (non-hydrogen) atoms. The number of nitrogens with one attached hydrogen (secondary N) is 1. The zero-order valence-corrected chi connectivity index (χ0v) is 15.3. The summed E-state index contributed by atoms with van der Waals surface area (Å²) in [7, 11) is 0. The van der Waals surface area contributed by atoms with Gasteiger partial charge in [0.1, 0.15) is 0 Å². The molecule has 0 saturated heterocycles. The Morgan fingerprint density at radius 2 is 2.12 bits per heavy atom. The molecule has 0 amide bonds. The highest BCUT2D eigenvalue weighted by atomic mass is 32.1. The van der Waals surface area contributed by atoms with Crippen LogP contribution in [0.4, 0.5) is 0 Å². The van der Waals surface area contributed by atoms with E-state index in [2.05, 4.69) is 20.4 Å². The first-order valence-electron chi connectivity index (χ1n) is 7.80. The van der Waals surface area contributed by atoms with Crippen molar-refractivity contribution in [1.82, 2.24) is 24.8 Å². The van der Waals surface area contributed by atoms with Gasteiger partial charge in [-0.2, -0.15) is 4.98 Å². The minimum Gasteiger partial charge on any atom is -0.338 e. The van der Waals surface area contributed by atoms with Crippen molar-refractivity contribution in [3.05, 3.63) is 44.9 Å². The molecular formula is C16H21N5O2S. The molecule has 1 unspecified atom stereocenters. The number of hydrogen-bond donors (Lipinski definition) is 1. The van der Waals surface area contributed by atoms with Crippen LogP contribution in [0.25, 0.3) is 4.96 Å². The number of nitrogens with zero attached hydrogens (tertiary/aromatic N) is 4. The SMILES string of the molecule is Cc1cn2c(=O)cc(CNC(C)c3nc(C(C)(C)C)no3)nc2s1. The molecule has 0 spiro atoms. The number of rotatable bonds is 4. The molecular weight excluding hydrogens is 326 g/mol. The lowest BCUT2D eigenvalue weighted by molar-refractivity contribution is 0.330. The molecule has 128 valence electrons. The van der Waals surface area contributed by atoms with E-state index in [1.165, 1.54) is 11.3 Å². The molecule has 8 heteroatoms. The highest BCUT2D eigenvalue weighted by Crippen LogP contribution is 2.21. The molecule has 0 aromatic carbocycles. The van der Waals surface area contributed by atoms with Crippen LogP contribution in [0.5, 0.6) is 0 Å². The third-order valence-electron chi connectivity index (χ3n) is 3.61. The summed E-state index contributed by atoms with van der Waals surface area (Å²) >= 11 is 1.50. The van der Waals surface area contributed by atoms with E-state index >= 15 is 0 Å². The highest BCUT2D eigenvalue weighted by molar-refractivity contribution is 7.16. The van der Waals surface area contributed by atoms with Crippen molar-refractivity contribution in [3.63, 3.8) is 0 Å². The van der Waals surface area contributed by atoms with Crippen molar-refractivity contribution in [3.8, 4) is 0 Å². The van der Waals surface area contributed by atoms with E-state index in [1.54, 1.807) is 10.5 Å². The van der Waals surface area contributed by atoms with Crippen molar-refractivity contribution in [2.75, 3.05) is 0 Å². The summed E-state index contributed by atoms with van der Waals surface area (Å²) in [4.78, 5) is 22.8. The standard InChI is InChI=1S/C16H21N5O2S/c1-9-8-21-12(22)6-11(18-15(21)24-9)7-17-10(2)13-19-14(20-23-13)16(3,4)5/h6,8,10,17H,7H2,1-5H3. The fraction of sp³-hybridized carbons (Fsp3) is 0.500. The topological polar surface area (TPSA) is 85.3 Å². The summed E-state index contributed by atoms with van der Waals surface area (Å²) in [6.07, 6.45) is 1.81. The molecule has 0 bridgehead atoms. The molecule has 0 radical (unpaired) electrons. The Morgan fingerprint density at radius 3 is 2.79 bits per heavy atom. The number of fused-ring (bicyclic) bond motifs is 1. The molecule has 3 aromatic rings. The van der Waals surface area contributed by atoms with Crippen LogP contribution in [-0.4, -0.2) is 19.5 Å². The van der Waals surface area contributed by atoms with Gasteiger partial charge in [-0.25, -0.2) is 4.98 Å². The lowest BCUT2D eigenvalue weighted by Gasteiger charge is -2.11. The molecule has 3 rings (SSSR count). The van der Waals surface area contributed by atoms with E-state index in [9.17, 15) is 4.79 Å². The summed E-state index contributed by atoms with van der Waals surface area (Å²) in [6.45, 7) is 10.5. The molecule has 0 aliphatic carbocycles. The number of thiazole rings is 1. The van der Waals surface area contributed by atoms with Crippen LogP contribution in [0.2, 0.25) is 0 Å². The number of hydrogen-bond acceptors (Lipinski definition) is 7. The van der Waals surface area contributed by atoms with Gasteiger partial charge in [0.15, 0.2) is 10.8 Å². The van der Waals surface area contributed by atoms with Gasteiger partial charge in [0.05, 0.1) is 11.7 Å². The van der Waals surface area contributed by atoms with Crippen LogP contribution in [0, 0.1) is 6.92 Å². The minimum absolute atomic E-state index is 0.0680. The maximum absolute atomic E-state index is 12.1. The molecule has 0 aliphatic rings. The van der Waals surface area contributed by atoms with Gasteiger partial charge in [0.25, 0.3) is 5.56 Å². The molecule has 0 fully saturated rings. The van der Waals surface area contributed by atoms with Crippen LogP contribution in [0.3, 0.4) is 0 Å². The fourth-order valence-electron chi connectivity index (χ4n) is 2.21. The smallest absolute Gasteiger partial charge is 0.258 e. The van der Waals surface area contributed by atoms with Crippen LogP contribution in [0.15, 0.2) is 21.6 Å². The second-order valence-corrected chi connectivity index (χ2v) is 8.10. The van der Waals surface area contributed by atoms with Gasteiger partial charge in [-0.3, -0.25) is 9.20 Å². The zero-order chi connectivity index (χ0) is 17.5. The minimum atomic E-state index is -0.153. The summed E-state index contributed by atoms with van der Waals surface area (Å²) in [6, 6.07) is 1.42. The monoisotopic (exact) mass is 347 g/mol. The quantitative estimate of drug-likeness (QED) is 0.781. The molecule has 7 nitrogen and oxygen atoms in total. The zero-order valence-electron chi connectivity index (χ0n) is 14.5. The maximum Gasteiger partial charge on any atom is 0.258 e. The van der Waals surface area contributed by atoms with E-state index in [0.29, 0.717) is 28.9 Å². The van der Waals surface area contributed by atoms with E-state index in [0.717, 1.165) is 4.88 Å². The van der Waals surface area contributed by atoms with E-state index < -0.39 is 0 Å². The van der Waals surface area contributed by atoms with Gasteiger partial charge in [-0.15, -0.1) is 11.3 Å². The third-order valence-corrected chi connectivity index (χ3v) is 4.51. The van der Waals surface area contributed by atoms with Gasteiger partial charge in [0.2, 0.25) is 5.89 Å². The van der Waals surface area contributed by atoms with Crippen molar-refractivity contribution in [2.24, 2.45) is 0 Å².